The summed E-state index contributed by atoms with van der Waals surface area (Å²) in [7, 11) is 0. The van der Waals surface area contributed by atoms with Gasteiger partial charge in [0.25, 0.3) is 0 Å². The molecule has 0 aromatic heterocycles. The van der Waals surface area contributed by atoms with E-state index in [9.17, 15) is 0 Å². The van der Waals surface area contributed by atoms with Crippen LogP contribution >= 0.6 is 11.6 Å². The Morgan fingerprint density at radius 2 is 2.39 bits per heavy atom. The van der Waals surface area contributed by atoms with Gasteiger partial charge < -0.3 is 15.2 Å². The highest BCUT2D eigenvalue weighted by Crippen LogP contribution is 2.19. The van der Waals surface area contributed by atoms with Gasteiger partial charge in [0.15, 0.2) is 0 Å². The van der Waals surface area contributed by atoms with Crippen LogP contribution in [0.3, 0.4) is 0 Å². The summed E-state index contributed by atoms with van der Waals surface area (Å²) in [5.41, 5.74) is 6.92. The van der Waals surface area contributed by atoms with Gasteiger partial charge in [0.1, 0.15) is 5.84 Å². The molecular weight excluding hydrogens is 252 g/mol. The van der Waals surface area contributed by atoms with E-state index in [0.29, 0.717) is 23.8 Å². The molecule has 0 amide bonds. The number of hydrogen-bond donors (Lipinski definition) is 2. The lowest BCUT2D eigenvalue weighted by Gasteiger charge is -2.11. The van der Waals surface area contributed by atoms with Gasteiger partial charge in [0.2, 0.25) is 0 Å². The highest BCUT2D eigenvalue weighted by atomic mass is 35.5. The van der Waals surface area contributed by atoms with E-state index in [2.05, 4.69) is 0 Å². The van der Waals surface area contributed by atoms with E-state index in [1.54, 1.807) is 12.1 Å². The molecule has 18 heavy (non-hydrogen) atoms. The zero-order chi connectivity index (χ0) is 13.0. The van der Waals surface area contributed by atoms with E-state index < -0.39 is 0 Å². The molecular formula is C13H17ClN2O2. The smallest absolute Gasteiger partial charge is 0.122 e. The summed E-state index contributed by atoms with van der Waals surface area (Å²) < 4.78 is 11.1. The van der Waals surface area contributed by atoms with Crippen LogP contribution in [0.1, 0.15) is 24.0 Å². The number of nitrogens with one attached hydrogen (secondary N) is 1. The Hall–Kier alpha value is -1.10. The zero-order valence-electron chi connectivity index (χ0n) is 10.1. The number of amidine groups is 1. The van der Waals surface area contributed by atoms with Gasteiger partial charge >= 0.3 is 0 Å². The Kier molecular flexibility index (Phi) is 4.58. The van der Waals surface area contributed by atoms with Crippen molar-refractivity contribution in [2.24, 2.45) is 5.73 Å². The van der Waals surface area contributed by atoms with E-state index in [4.69, 9.17) is 32.2 Å². The van der Waals surface area contributed by atoms with E-state index in [0.717, 1.165) is 25.0 Å². The maximum atomic E-state index is 7.33. The molecule has 1 heterocycles. The summed E-state index contributed by atoms with van der Waals surface area (Å²) in [5, 5.41) is 7.90. The van der Waals surface area contributed by atoms with Gasteiger partial charge in [-0.05, 0) is 24.5 Å². The van der Waals surface area contributed by atoms with Crippen LogP contribution in [-0.2, 0) is 16.1 Å². The average Bonchev–Trinajstić information content (AvgIpc) is 2.84. The van der Waals surface area contributed by atoms with Crippen molar-refractivity contribution >= 4 is 17.4 Å². The molecule has 3 N–H and O–H groups in total. The molecule has 0 bridgehead atoms. The van der Waals surface area contributed by atoms with Crippen molar-refractivity contribution in [3.8, 4) is 0 Å². The lowest BCUT2D eigenvalue weighted by molar-refractivity contribution is 0.0106. The standard InChI is InChI=1S/C13H17ClN2O2/c14-12-6-9(13(15)16)3-4-10(12)7-17-8-11-2-1-5-18-11/h3-4,6,11H,1-2,5,7-8H2,(H3,15,16). The summed E-state index contributed by atoms with van der Waals surface area (Å²) in [4.78, 5) is 0. The molecule has 0 spiro atoms. The highest BCUT2D eigenvalue weighted by Gasteiger charge is 2.15. The quantitative estimate of drug-likeness (QED) is 0.636. The third-order valence-electron chi connectivity index (χ3n) is 2.95. The van der Waals surface area contributed by atoms with Crippen LogP contribution in [-0.4, -0.2) is 25.2 Å². The molecule has 4 nitrogen and oxygen atoms in total. The van der Waals surface area contributed by atoms with Crippen LogP contribution in [0.5, 0.6) is 0 Å². The molecule has 1 fully saturated rings. The minimum Gasteiger partial charge on any atom is -0.384 e. The Labute approximate surface area is 112 Å². The first-order valence-electron chi connectivity index (χ1n) is 5.99. The summed E-state index contributed by atoms with van der Waals surface area (Å²) in [6, 6.07) is 5.31. The van der Waals surface area contributed by atoms with E-state index in [-0.39, 0.29) is 11.9 Å². The summed E-state index contributed by atoms with van der Waals surface area (Å²) >= 11 is 6.11. The van der Waals surface area contributed by atoms with Crippen molar-refractivity contribution in [3.63, 3.8) is 0 Å². The predicted molar refractivity (Wildman–Crippen MR) is 71.1 cm³/mol. The summed E-state index contributed by atoms with van der Waals surface area (Å²) in [5.74, 6) is 0.0173. The maximum Gasteiger partial charge on any atom is 0.122 e. The van der Waals surface area contributed by atoms with Crippen molar-refractivity contribution in [1.82, 2.24) is 0 Å². The number of nitrogen functional groups attached to an aromatic ring is 1. The molecule has 5 heteroatoms. The van der Waals surface area contributed by atoms with Crippen molar-refractivity contribution in [3.05, 3.63) is 34.3 Å². The first-order valence-corrected chi connectivity index (χ1v) is 6.37. The molecule has 1 aromatic rings. The third kappa shape index (κ3) is 3.45. The molecule has 98 valence electrons. The third-order valence-corrected chi connectivity index (χ3v) is 3.30. The van der Waals surface area contributed by atoms with Crippen LogP contribution in [0.15, 0.2) is 18.2 Å². The Balaban J connectivity index is 1.87. The molecule has 1 aliphatic heterocycles. The fraction of sp³-hybridized carbons (Fsp3) is 0.462. The van der Waals surface area contributed by atoms with Crippen molar-refractivity contribution in [2.75, 3.05) is 13.2 Å². The van der Waals surface area contributed by atoms with Gasteiger partial charge in [-0.3, -0.25) is 5.41 Å². The van der Waals surface area contributed by atoms with Gasteiger partial charge in [0.05, 0.1) is 19.3 Å². The number of hydrogen-bond acceptors (Lipinski definition) is 3. The first kappa shape index (κ1) is 13.3. The van der Waals surface area contributed by atoms with Crippen LogP contribution in [0.4, 0.5) is 0 Å². The number of rotatable bonds is 5. The van der Waals surface area contributed by atoms with Gasteiger partial charge in [0, 0.05) is 17.2 Å². The number of halogens is 1. The topological polar surface area (TPSA) is 68.3 Å². The number of ether oxygens (including phenoxy) is 2. The summed E-state index contributed by atoms with van der Waals surface area (Å²) in [6.07, 6.45) is 2.40. The van der Waals surface area contributed by atoms with Gasteiger partial charge in [-0.25, -0.2) is 0 Å². The van der Waals surface area contributed by atoms with Crippen molar-refractivity contribution in [1.29, 1.82) is 5.41 Å². The SMILES string of the molecule is N=C(N)c1ccc(COCC2CCCO2)c(Cl)c1. The van der Waals surface area contributed by atoms with Crippen LogP contribution < -0.4 is 5.73 Å². The molecule has 1 unspecified atom stereocenters. The summed E-state index contributed by atoms with van der Waals surface area (Å²) in [6.45, 7) is 1.89. The van der Waals surface area contributed by atoms with Gasteiger partial charge in [-0.15, -0.1) is 0 Å². The minimum atomic E-state index is 0.0173. The fourth-order valence-corrected chi connectivity index (χ4v) is 2.14. The number of nitrogens with two attached hydrogens (primary N) is 1. The maximum absolute atomic E-state index is 7.33. The zero-order valence-corrected chi connectivity index (χ0v) is 10.9. The molecule has 1 aliphatic rings. The molecule has 0 saturated carbocycles. The molecule has 2 rings (SSSR count). The second kappa shape index (κ2) is 6.18. The Morgan fingerprint density at radius 1 is 1.56 bits per heavy atom. The predicted octanol–water partition coefficient (Wildman–Crippen LogP) is 2.32. The van der Waals surface area contributed by atoms with Crippen LogP contribution in [0, 0.1) is 5.41 Å². The van der Waals surface area contributed by atoms with E-state index >= 15 is 0 Å². The van der Waals surface area contributed by atoms with Gasteiger partial charge in [-0.2, -0.15) is 0 Å². The van der Waals surface area contributed by atoms with E-state index in [1.165, 1.54) is 0 Å². The van der Waals surface area contributed by atoms with Gasteiger partial charge in [-0.1, -0.05) is 23.7 Å². The van der Waals surface area contributed by atoms with Crippen LogP contribution in [0.2, 0.25) is 5.02 Å². The second-order valence-corrected chi connectivity index (χ2v) is 4.78. The second-order valence-electron chi connectivity index (χ2n) is 4.37. The largest absolute Gasteiger partial charge is 0.384 e. The number of benzene rings is 1. The van der Waals surface area contributed by atoms with Crippen molar-refractivity contribution in [2.45, 2.75) is 25.6 Å². The fourth-order valence-electron chi connectivity index (χ4n) is 1.91. The normalized spacial score (nSPS) is 19.1. The minimum absolute atomic E-state index is 0.0173. The first-order chi connectivity index (χ1) is 8.66. The van der Waals surface area contributed by atoms with E-state index in [1.807, 2.05) is 6.07 Å². The van der Waals surface area contributed by atoms with Crippen LogP contribution in [0.25, 0.3) is 0 Å². The highest BCUT2D eigenvalue weighted by molar-refractivity contribution is 6.31. The lowest BCUT2D eigenvalue weighted by atomic mass is 10.1. The Bertz CT molecular complexity index is 431. The monoisotopic (exact) mass is 268 g/mol. The Morgan fingerprint density at radius 3 is 3.00 bits per heavy atom. The molecule has 1 saturated heterocycles. The average molecular weight is 269 g/mol. The molecule has 0 radical (unpaired) electrons. The molecule has 0 aliphatic carbocycles. The molecule has 1 aromatic carbocycles. The van der Waals surface area contributed by atoms with Crippen molar-refractivity contribution < 1.29 is 9.47 Å². The molecule has 1 atom stereocenters. The lowest BCUT2D eigenvalue weighted by Crippen LogP contribution is -2.14.